The Morgan fingerprint density at radius 1 is 1.13 bits per heavy atom. The van der Waals surface area contributed by atoms with Crippen molar-refractivity contribution in [3.05, 3.63) is 67.7 Å². The number of halogens is 6. The molecule has 0 radical (unpaired) electrons. The van der Waals surface area contributed by atoms with Crippen LogP contribution in [-0.4, -0.2) is 60.0 Å². The molecule has 1 N–H and O–H groups in total. The Balaban J connectivity index is 1.85. The van der Waals surface area contributed by atoms with Crippen LogP contribution in [0.15, 0.2) is 35.3 Å². The van der Waals surface area contributed by atoms with Crippen molar-refractivity contribution in [1.82, 2.24) is 14.9 Å². The molecule has 1 aliphatic heterocycles. The van der Waals surface area contributed by atoms with Crippen LogP contribution in [-0.2, 0) is 16.2 Å². The predicted octanol–water partition coefficient (Wildman–Crippen LogP) is 6.28. The third-order valence-electron chi connectivity index (χ3n) is 7.49. The van der Waals surface area contributed by atoms with Gasteiger partial charge in [0.1, 0.15) is 11.3 Å². The van der Waals surface area contributed by atoms with Crippen molar-refractivity contribution in [3.8, 4) is 5.75 Å². The number of nitrogens with zero attached hydrogens (tertiary/aromatic N) is 3. The number of pyridine rings is 1. The lowest BCUT2D eigenvalue weighted by atomic mass is 10.0. The summed E-state index contributed by atoms with van der Waals surface area (Å²) < 4.78 is 63.6. The molecule has 3 atom stereocenters. The van der Waals surface area contributed by atoms with E-state index in [-0.39, 0.29) is 47.0 Å². The van der Waals surface area contributed by atoms with Gasteiger partial charge in [0.2, 0.25) is 5.43 Å². The summed E-state index contributed by atoms with van der Waals surface area (Å²) in [5, 5.41) is 4.34. The fourth-order valence-electron chi connectivity index (χ4n) is 5.63. The first-order chi connectivity index (χ1) is 21.0. The molecule has 1 saturated heterocycles. The van der Waals surface area contributed by atoms with Gasteiger partial charge in [-0.05, 0) is 44.5 Å². The van der Waals surface area contributed by atoms with Crippen molar-refractivity contribution >= 4 is 51.7 Å². The van der Waals surface area contributed by atoms with E-state index in [0.29, 0.717) is 10.6 Å². The Bertz CT molecular complexity index is 1670. The van der Waals surface area contributed by atoms with E-state index in [2.05, 4.69) is 5.32 Å². The van der Waals surface area contributed by atoms with Gasteiger partial charge in [0.15, 0.2) is 11.6 Å². The molecular weight excluding hydrogens is 643 g/mol. The van der Waals surface area contributed by atoms with Gasteiger partial charge in [0.05, 0.1) is 36.5 Å². The zero-order valence-electron chi connectivity index (χ0n) is 25.1. The second-order valence-corrected chi connectivity index (χ2v) is 11.9. The van der Waals surface area contributed by atoms with E-state index >= 15 is 4.39 Å². The Hall–Kier alpha value is -3.55. The quantitative estimate of drug-likeness (QED) is 0.281. The number of hydroxylamine groups is 2. The monoisotopic (exact) mass is 674 g/mol. The number of carbonyl (C=O) groups is 2. The molecule has 4 rings (SSSR count). The largest absolute Gasteiger partial charge is 0.492 e. The molecule has 45 heavy (non-hydrogen) atoms. The van der Waals surface area contributed by atoms with Crippen LogP contribution in [0.1, 0.15) is 56.1 Å². The molecule has 1 aliphatic rings. The number of piperazine rings is 1. The average molecular weight is 676 g/mol. The summed E-state index contributed by atoms with van der Waals surface area (Å²) in [4.78, 5) is 45.5. The number of aromatic nitrogens is 1. The lowest BCUT2D eigenvalue weighted by Gasteiger charge is -2.43. The number of rotatable bonds is 8. The number of fused-ring (bicyclic) bond motifs is 1. The van der Waals surface area contributed by atoms with Crippen LogP contribution in [0.4, 0.5) is 23.2 Å². The van der Waals surface area contributed by atoms with E-state index in [1.54, 1.807) is 30.9 Å². The van der Waals surface area contributed by atoms with E-state index < -0.39 is 59.4 Å². The summed E-state index contributed by atoms with van der Waals surface area (Å²) in [6, 6.07) is 3.39. The topological polar surface area (TPSA) is 93.1 Å². The van der Waals surface area contributed by atoms with Crippen LogP contribution in [0.3, 0.4) is 0 Å². The first-order valence-electron chi connectivity index (χ1n) is 14.0. The minimum atomic E-state index is -4.60. The smallest absolute Gasteiger partial charge is 0.391 e. The number of alkyl halides is 3. The fourth-order valence-corrected chi connectivity index (χ4v) is 6.10. The summed E-state index contributed by atoms with van der Waals surface area (Å²) in [6.07, 6.45) is -4.87. The number of carbonyl (C=O) groups excluding carboxylic acids is 2. The van der Waals surface area contributed by atoms with Gasteiger partial charge in [-0.15, -0.1) is 5.06 Å². The molecule has 244 valence electrons. The van der Waals surface area contributed by atoms with Crippen molar-refractivity contribution in [2.75, 3.05) is 25.1 Å². The van der Waals surface area contributed by atoms with Crippen molar-refractivity contribution in [2.24, 2.45) is 0 Å². The Morgan fingerprint density at radius 2 is 1.78 bits per heavy atom. The third kappa shape index (κ3) is 7.47. The van der Waals surface area contributed by atoms with Crippen molar-refractivity contribution in [1.29, 1.82) is 0 Å². The van der Waals surface area contributed by atoms with E-state index in [1.807, 2.05) is 0 Å². The maximum absolute atomic E-state index is 16.0. The Kier molecular flexibility index (Phi) is 10.2. The lowest BCUT2D eigenvalue weighted by molar-refractivity contribution is -0.212. The first-order valence-corrected chi connectivity index (χ1v) is 14.7. The maximum Gasteiger partial charge on any atom is 0.391 e. The summed E-state index contributed by atoms with van der Waals surface area (Å²) in [5.41, 5.74) is -1.09. The molecule has 1 amide bonds. The minimum absolute atomic E-state index is 0.0758. The number of nitrogens with one attached hydrogen (secondary N) is 1. The number of hydrogen-bond donors (Lipinski definition) is 1. The minimum Gasteiger partial charge on any atom is -0.492 e. The SMILES string of the molecule is COc1c(N2CC(C)N(OC(C)=O)C(C)C2)c(F)cc2c(=O)c(C(=O)NCc3ccc(Cl)cc3Cl)cn(C(C)CC(F)(F)F)c12. The lowest BCUT2D eigenvalue weighted by Crippen LogP contribution is -2.57. The first kappa shape index (κ1) is 34.3. The second kappa shape index (κ2) is 13.4. The number of hydrogen-bond acceptors (Lipinski definition) is 7. The molecule has 0 bridgehead atoms. The maximum atomic E-state index is 16.0. The van der Waals surface area contributed by atoms with Gasteiger partial charge >= 0.3 is 12.1 Å². The van der Waals surface area contributed by atoms with Crippen LogP contribution in [0, 0.1) is 5.82 Å². The molecule has 2 aromatic carbocycles. The van der Waals surface area contributed by atoms with E-state index in [9.17, 15) is 27.6 Å². The standard InChI is InChI=1S/C30H32Cl2F4N4O5/c1-15(10-30(34,35)36)39-14-22(29(43)37-11-19-6-7-20(31)8-23(19)32)27(42)21-9-24(33)26(28(44-5)25(21)39)38-12-16(2)40(17(3)13-38)45-18(4)41/h6-9,14-17H,10-13H2,1-5H3,(H,37,43). The van der Waals surface area contributed by atoms with Crippen LogP contribution in [0.2, 0.25) is 10.0 Å². The molecule has 1 aromatic heterocycles. The molecule has 0 aliphatic carbocycles. The summed E-state index contributed by atoms with van der Waals surface area (Å²) in [7, 11) is 1.22. The normalized spacial score (nSPS) is 18.2. The fraction of sp³-hybridized carbons (Fsp3) is 0.433. The van der Waals surface area contributed by atoms with Crippen molar-refractivity contribution < 1.29 is 36.7 Å². The van der Waals surface area contributed by atoms with Crippen LogP contribution in [0.25, 0.3) is 10.9 Å². The van der Waals surface area contributed by atoms with Crippen molar-refractivity contribution in [2.45, 2.75) is 65.0 Å². The highest BCUT2D eigenvalue weighted by molar-refractivity contribution is 6.35. The zero-order valence-corrected chi connectivity index (χ0v) is 26.6. The second-order valence-electron chi connectivity index (χ2n) is 11.0. The molecule has 3 aromatic rings. The van der Waals surface area contributed by atoms with Gasteiger partial charge in [-0.3, -0.25) is 14.4 Å². The molecule has 0 saturated carbocycles. The zero-order chi connectivity index (χ0) is 33.4. The van der Waals surface area contributed by atoms with Gasteiger partial charge in [-0.2, -0.15) is 13.2 Å². The number of amides is 1. The Morgan fingerprint density at radius 3 is 2.33 bits per heavy atom. The van der Waals surface area contributed by atoms with Crippen molar-refractivity contribution in [3.63, 3.8) is 0 Å². The predicted molar refractivity (Wildman–Crippen MR) is 162 cm³/mol. The molecule has 3 unspecified atom stereocenters. The molecule has 0 spiro atoms. The van der Waals surface area contributed by atoms with Gasteiger partial charge in [-0.25, -0.2) is 4.39 Å². The highest BCUT2D eigenvalue weighted by Crippen LogP contribution is 2.41. The number of anilines is 1. The third-order valence-corrected chi connectivity index (χ3v) is 8.08. The Labute approximate surface area is 266 Å². The molecular formula is C30H32Cl2F4N4O5. The van der Waals surface area contributed by atoms with E-state index in [4.69, 9.17) is 32.8 Å². The van der Waals surface area contributed by atoms with Crippen LogP contribution >= 0.6 is 23.2 Å². The summed E-state index contributed by atoms with van der Waals surface area (Å²) in [5.74, 6) is -2.46. The summed E-state index contributed by atoms with van der Waals surface area (Å²) in [6.45, 7) is 6.27. The van der Waals surface area contributed by atoms with Crippen LogP contribution < -0.4 is 20.4 Å². The molecule has 2 heterocycles. The van der Waals surface area contributed by atoms with E-state index in [0.717, 1.165) is 16.8 Å². The van der Waals surface area contributed by atoms with Gasteiger partial charge in [0, 0.05) is 48.8 Å². The highest BCUT2D eigenvalue weighted by Gasteiger charge is 2.37. The van der Waals surface area contributed by atoms with Gasteiger partial charge in [-0.1, -0.05) is 29.3 Å². The average Bonchev–Trinajstić information content (AvgIpc) is 2.93. The number of ether oxygens (including phenoxy) is 1. The molecule has 9 nitrogen and oxygen atoms in total. The van der Waals surface area contributed by atoms with Gasteiger partial charge < -0.3 is 24.4 Å². The summed E-state index contributed by atoms with van der Waals surface area (Å²) >= 11 is 12.1. The highest BCUT2D eigenvalue weighted by atomic mass is 35.5. The molecule has 15 heteroatoms. The number of benzene rings is 2. The number of methoxy groups -OCH3 is 1. The van der Waals surface area contributed by atoms with Gasteiger partial charge in [0.25, 0.3) is 5.91 Å². The van der Waals surface area contributed by atoms with E-state index in [1.165, 1.54) is 32.1 Å². The molecule has 1 fully saturated rings. The van der Waals surface area contributed by atoms with Crippen LogP contribution in [0.5, 0.6) is 5.75 Å².